The van der Waals surface area contributed by atoms with E-state index in [1.54, 1.807) is 21.3 Å². The Labute approximate surface area is 117 Å². The fraction of sp³-hybridized carbons (Fsp3) is 0.273. The van der Waals surface area contributed by atoms with Crippen LogP contribution in [0.15, 0.2) is 16.0 Å². The van der Waals surface area contributed by atoms with E-state index in [1.807, 2.05) is 12.1 Å². The van der Waals surface area contributed by atoms with Gasteiger partial charge >= 0.3 is 0 Å². The van der Waals surface area contributed by atoms with Crippen LogP contribution in [0.5, 0.6) is 17.2 Å². The molecule has 0 amide bonds. The topological polar surface area (TPSA) is 53.5 Å². The molecule has 7 heteroatoms. The monoisotopic (exact) mass is 330 g/mol. The molecule has 2 aromatic rings. The van der Waals surface area contributed by atoms with Crippen LogP contribution >= 0.6 is 27.3 Å². The number of benzene rings is 1. The Hall–Kier alpha value is -1.34. The molecule has 0 aliphatic rings. The highest BCUT2D eigenvalue weighted by Gasteiger charge is 2.19. The van der Waals surface area contributed by atoms with Gasteiger partial charge in [0.15, 0.2) is 20.4 Å². The van der Waals surface area contributed by atoms with Crippen LogP contribution in [0.4, 0.5) is 0 Å². The first-order valence-corrected chi connectivity index (χ1v) is 6.60. The minimum Gasteiger partial charge on any atom is -0.493 e. The first-order valence-electron chi connectivity index (χ1n) is 4.99. The molecule has 0 aliphatic heterocycles. The van der Waals surface area contributed by atoms with E-state index >= 15 is 0 Å². The van der Waals surface area contributed by atoms with Gasteiger partial charge in [0, 0.05) is 0 Å². The summed E-state index contributed by atoms with van der Waals surface area (Å²) in [4.78, 5) is 0. The Bertz CT molecular complexity index is 559. The third-order valence-corrected chi connectivity index (χ3v) is 3.72. The molecule has 5 nitrogen and oxygen atoms in total. The summed E-state index contributed by atoms with van der Waals surface area (Å²) in [7, 11) is 4.73. The Kier molecular flexibility index (Phi) is 4.03. The average molecular weight is 331 g/mol. The molecular weight excluding hydrogens is 320 g/mol. The van der Waals surface area contributed by atoms with E-state index in [-0.39, 0.29) is 0 Å². The number of nitrogens with zero attached hydrogens (tertiary/aromatic N) is 2. The highest BCUT2D eigenvalue weighted by Crippen LogP contribution is 2.45. The third kappa shape index (κ3) is 2.28. The standard InChI is InChI=1S/C11H11BrN2O3S/c1-15-7-5-4-6(8(16-2)9(7)17-3)10-13-14-11(12)18-10/h4-5H,1-3H3. The molecule has 1 aromatic heterocycles. The number of halogens is 1. The zero-order chi connectivity index (χ0) is 13.1. The second kappa shape index (κ2) is 5.53. The van der Waals surface area contributed by atoms with Crippen molar-refractivity contribution in [2.75, 3.05) is 21.3 Å². The van der Waals surface area contributed by atoms with Gasteiger partial charge in [-0.25, -0.2) is 0 Å². The van der Waals surface area contributed by atoms with Crippen molar-refractivity contribution < 1.29 is 14.2 Å². The summed E-state index contributed by atoms with van der Waals surface area (Å²) >= 11 is 4.71. The van der Waals surface area contributed by atoms with Gasteiger partial charge in [0.1, 0.15) is 0 Å². The van der Waals surface area contributed by atoms with Crippen LogP contribution in [0, 0.1) is 0 Å². The minimum atomic E-state index is 0.545. The van der Waals surface area contributed by atoms with E-state index in [0.29, 0.717) is 21.2 Å². The van der Waals surface area contributed by atoms with Crippen LogP contribution < -0.4 is 14.2 Å². The fourth-order valence-corrected chi connectivity index (χ4v) is 2.72. The van der Waals surface area contributed by atoms with Crippen LogP contribution in [-0.4, -0.2) is 31.5 Å². The van der Waals surface area contributed by atoms with Crippen molar-refractivity contribution in [1.82, 2.24) is 10.2 Å². The number of rotatable bonds is 4. The molecule has 0 bridgehead atoms. The third-order valence-electron chi connectivity index (χ3n) is 2.33. The maximum absolute atomic E-state index is 5.39. The second-order valence-electron chi connectivity index (χ2n) is 3.24. The van der Waals surface area contributed by atoms with Crippen LogP contribution in [0.2, 0.25) is 0 Å². The molecule has 0 aliphatic carbocycles. The molecule has 2 rings (SSSR count). The molecule has 0 spiro atoms. The van der Waals surface area contributed by atoms with Crippen molar-refractivity contribution in [2.24, 2.45) is 0 Å². The van der Waals surface area contributed by atoms with Gasteiger partial charge in [0.25, 0.3) is 0 Å². The summed E-state index contributed by atoms with van der Waals surface area (Å²) in [6.45, 7) is 0. The van der Waals surface area contributed by atoms with Crippen molar-refractivity contribution in [3.63, 3.8) is 0 Å². The smallest absolute Gasteiger partial charge is 0.204 e. The summed E-state index contributed by atoms with van der Waals surface area (Å²) < 4.78 is 16.7. The lowest BCUT2D eigenvalue weighted by molar-refractivity contribution is 0.325. The highest BCUT2D eigenvalue weighted by atomic mass is 79.9. The van der Waals surface area contributed by atoms with Gasteiger partial charge in [0.2, 0.25) is 5.75 Å². The largest absolute Gasteiger partial charge is 0.493 e. The van der Waals surface area contributed by atoms with Crippen molar-refractivity contribution in [1.29, 1.82) is 0 Å². The van der Waals surface area contributed by atoms with Gasteiger partial charge in [-0.15, -0.1) is 10.2 Å². The molecule has 0 saturated heterocycles. The van der Waals surface area contributed by atoms with E-state index in [4.69, 9.17) is 14.2 Å². The second-order valence-corrected chi connectivity index (χ2v) is 5.50. The van der Waals surface area contributed by atoms with Crippen molar-refractivity contribution in [3.8, 4) is 27.8 Å². The molecule has 0 saturated carbocycles. The lowest BCUT2D eigenvalue weighted by Crippen LogP contribution is -1.96. The molecule has 18 heavy (non-hydrogen) atoms. The first-order chi connectivity index (χ1) is 8.71. The van der Waals surface area contributed by atoms with E-state index in [9.17, 15) is 0 Å². The van der Waals surface area contributed by atoms with Gasteiger partial charge in [-0.2, -0.15) is 0 Å². The van der Waals surface area contributed by atoms with Crippen LogP contribution in [0.25, 0.3) is 10.6 Å². The molecule has 1 aromatic carbocycles. The van der Waals surface area contributed by atoms with E-state index in [2.05, 4.69) is 26.1 Å². The lowest BCUT2D eigenvalue weighted by atomic mass is 10.2. The highest BCUT2D eigenvalue weighted by molar-refractivity contribution is 9.11. The molecular formula is C11H11BrN2O3S. The number of hydrogen-bond acceptors (Lipinski definition) is 6. The van der Waals surface area contributed by atoms with Crippen LogP contribution in [0.1, 0.15) is 0 Å². The maximum atomic E-state index is 5.39. The van der Waals surface area contributed by atoms with Crippen molar-refractivity contribution in [2.45, 2.75) is 0 Å². The predicted molar refractivity (Wildman–Crippen MR) is 72.7 cm³/mol. The van der Waals surface area contributed by atoms with E-state index in [0.717, 1.165) is 10.6 Å². The Morgan fingerprint density at radius 3 is 2.22 bits per heavy atom. The quantitative estimate of drug-likeness (QED) is 0.862. The van der Waals surface area contributed by atoms with Crippen LogP contribution in [0.3, 0.4) is 0 Å². The van der Waals surface area contributed by atoms with Gasteiger partial charge in [-0.05, 0) is 28.1 Å². The minimum absolute atomic E-state index is 0.545. The van der Waals surface area contributed by atoms with Crippen LogP contribution in [-0.2, 0) is 0 Å². The Balaban J connectivity index is 2.61. The summed E-state index contributed by atoms with van der Waals surface area (Å²) in [5, 5.41) is 8.74. The van der Waals surface area contributed by atoms with Gasteiger partial charge in [-0.1, -0.05) is 11.3 Å². The fourth-order valence-electron chi connectivity index (χ4n) is 1.58. The number of aromatic nitrogens is 2. The lowest BCUT2D eigenvalue weighted by Gasteiger charge is -2.14. The molecule has 0 N–H and O–H groups in total. The normalized spacial score (nSPS) is 10.2. The summed E-state index contributed by atoms with van der Waals surface area (Å²) in [6, 6.07) is 3.68. The summed E-state index contributed by atoms with van der Waals surface area (Å²) in [5.74, 6) is 1.74. The summed E-state index contributed by atoms with van der Waals surface area (Å²) in [5.41, 5.74) is 0.818. The molecule has 96 valence electrons. The SMILES string of the molecule is COc1ccc(-c2nnc(Br)s2)c(OC)c1OC. The van der Waals surface area contributed by atoms with Gasteiger partial charge < -0.3 is 14.2 Å². The Morgan fingerprint density at radius 1 is 1.00 bits per heavy atom. The molecule has 0 atom stereocenters. The molecule has 0 radical (unpaired) electrons. The average Bonchev–Trinajstić information content (AvgIpc) is 2.83. The molecule has 1 heterocycles. The van der Waals surface area contributed by atoms with Gasteiger partial charge in [0.05, 0.1) is 26.9 Å². The first kappa shape index (κ1) is 13.1. The zero-order valence-corrected chi connectivity index (χ0v) is 12.5. The van der Waals surface area contributed by atoms with Gasteiger partial charge in [-0.3, -0.25) is 0 Å². The van der Waals surface area contributed by atoms with Crippen molar-refractivity contribution in [3.05, 3.63) is 16.0 Å². The number of methoxy groups -OCH3 is 3. The molecule has 0 unspecified atom stereocenters. The molecule has 0 fully saturated rings. The summed E-state index contributed by atoms with van der Waals surface area (Å²) in [6.07, 6.45) is 0. The Morgan fingerprint density at radius 2 is 1.72 bits per heavy atom. The van der Waals surface area contributed by atoms with Crippen molar-refractivity contribution >= 4 is 27.3 Å². The maximum Gasteiger partial charge on any atom is 0.204 e. The zero-order valence-electron chi connectivity index (χ0n) is 10.1. The number of ether oxygens (including phenoxy) is 3. The van der Waals surface area contributed by atoms with E-state index in [1.165, 1.54) is 11.3 Å². The van der Waals surface area contributed by atoms with E-state index < -0.39 is 0 Å². The number of hydrogen-bond donors (Lipinski definition) is 0. The predicted octanol–water partition coefficient (Wildman–Crippen LogP) is 2.99.